The number of carbonyl (C=O) groups excluding carboxylic acids is 2. The molecule has 0 heterocycles. The fraction of sp³-hybridized carbons (Fsp3) is 0.0714. The van der Waals surface area contributed by atoms with E-state index in [0.29, 0.717) is 11.1 Å². The first-order valence-electron chi connectivity index (χ1n) is 11.3. The summed E-state index contributed by atoms with van der Waals surface area (Å²) in [5.41, 5.74) is 0.858. The summed E-state index contributed by atoms with van der Waals surface area (Å²) in [4.78, 5) is 47.0. The van der Waals surface area contributed by atoms with Gasteiger partial charge in [0.2, 0.25) is 0 Å². The number of hydrogen-bond acceptors (Lipinski definition) is 8. The first kappa shape index (κ1) is 25.7. The number of rotatable bonds is 9. The van der Waals surface area contributed by atoms with Crippen LogP contribution < -0.4 is 0 Å². The van der Waals surface area contributed by atoms with Crippen molar-refractivity contribution in [3.8, 4) is 0 Å². The molecule has 0 spiro atoms. The Hall–Kier alpha value is -5.38. The second-order valence-electron chi connectivity index (χ2n) is 8.08. The van der Waals surface area contributed by atoms with Crippen molar-refractivity contribution in [2.45, 2.75) is 12.2 Å². The predicted molar refractivity (Wildman–Crippen MR) is 135 cm³/mol. The Morgan fingerprint density at radius 2 is 0.842 bits per heavy atom. The number of non-ortho nitro benzene ring substituents is 2. The molecular weight excluding hydrogens is 492 g/mol. The van der Waals surface area contributed by atoms with Crippen molar-refractivity contribution in [1.82, 2.24) is 0 Å². The lowest BCUT2D eigenvalue weighted by Gasteiger charge is -2.28. The molecule has 10 nitrogen and oxygen atoms in total. The number of hydrogen-bond donors (Lipinski definition) is 0. The molecule has 10 heteroatoms. The van der Waals surface area contributed by atoms with E-state index in [1.165, 1.54) is 48.5 Å². The zero-order valence-corrected chi connectivity index (χ0v) is 19.7. The van der Waals surface area contributed by atoms with E-state index in [2.05, 4.69) is 0 Å². The summed E-state index contributed by atoms with van der Waals surface area (Å²) in [6.45, 7) is 0. The Balaban J connectivity index is 1.69. The highest BCUT2D eigenvalue weighted by Gasteiger charge is 2.33. The monoisotopic (exact) mass is 512 g/mol. The van der Waals surface area contributed by atoms with Gasteiger partial charge in [-0.25, -0.2) is 9.59 Å². The summed E-state index contributed by atoms with van der Waals surface area (Å²) in [6, 6.07) is 27.2. The van der Waals surface area contributed by atoms with Crippen molar-refractivity contribution < 1.29 is 28.9 Å². The molecule has 0 saturated carbocycles. The molecule has 4 aromatic carbocycles. The third kappa shape index (κ3) is 6.05. The smallest absolute Gasteiger partial charge is 0.338 e. The Kier molecular flexibility index (Phi) is 7.83. The van der Waals surface area contributed by atoms with Gasteiger partial charge in [-0.3, -0.25) is 20.2 Å². The summed E-state index contributed by atoms with van der Waals surface area (Å²) < 4.78 is 11.7. The average Bonchev–Trinajstić information content (AvgIpc) is 2.95. The van der Waals surface area contributed by atoms with Crippen molar-refractivity contribution >= 4 is 23.3 Å². The van der Waals surface area contributed by atoms with E-state index in [9.17, 15) is 29.8 Å². The van der Waals surface area contributed by atoms with E-state index in [4.69, 9.17) is 9.47 Å². The van der Waals surface area contributed by atoms with Gasteiger partial charge in [-0.1, -0.05) is 60.7 Å². The molecule has 0 saturated heterocycles. The van der Waals surface area contributed by atoms with Crippen LogP contribution in [0.3, 0.4) is 0 Å². The number of esters is 2. The van der Waals surface area contributed by atoms with Gasteiger partial charge < -0.3 is 9.47 Å². The Morgan fingerprint density at radius 1 is 0.526 bits per heavy atom. The standard InChI is InChI=1S/C28H20N2O8/c31-27(21-11-15-23(16-12-21)29(33)34)37-25(19-7-3-1-4-8-19)26(20-9-5-2-6-10-20)38-28(32)22-13-17-24(18-14-22)30(35)36/h1-18,25-26H. The number of carbonyl (C=O) groups is 2. The molecule has 4 rings (SSSR count). The van der Waals surface area contributed by atoms with Gasteiger partial charge in [-0.15, -0.1) is 0 Å². The van der Waals surface area contributed by atoms with Gasteiger partial charge in [-0.2, -0.15) is 0 Å². The van der Waals surface area contributed by atoms with Crippen molar-refractivity contribution in [2.24, 2.45) is 0 Å². The highest BCUT2D eigenvalue weighted by atomic mass is 16.6. The predicted octanol–water partition coefficient (Wildman–Crippen LogP) is 6.00. The maximum absolute atomic E-state index is 13.1. The molecule has 2 atom stereocenters. The molecule has 38 heavy (non-hydrogen) atoms. The first-order chi connectivity index (χ1) is 18.3. The van der Waals surface area contributed by atoms with Crippen molar-refractivity contribution in [1.29, 1.82) is 0 Å². The van der Waals surface area contributed by atoms with Gasteiger partial charge in [0.15, 0.2) is 12.2 Å². The lowest BCUT2D eigenvalue weighted by Crippen LogP contribution is -2.23. The molecule has 0 N–H and O–H groups in total. The molecule has 190 valence electrons. The zero-order valence-electron chi connectivity index (χ0n) is 19.7. The van der Waals surface area contributed by atoms with Crippen LogP contribution >= 0.6 is 0 Å². The van der Waals surface area contributed by atoms with Crippen LogP contribution in [0.15, 0.2) is 109 Å². The fourth-order valence-corrected chi connectivity index (χ4v) is 3.70. The molecule has 0 fully saturated rings. The molecular formula is C28H20N2O8. The van der Waals surface area contributed by atoms with Gasteiger partial charge >= 0.3 is 11.9 Å². The van der Waals surface area contributed by atoms with E-state index >= 15 is 0 Å². The second-order valence-corrected chi connectivity index (χ2v) is 8.08. The van der Waals surface area contributed by atoms with E-state index in [0.717, 1.165) is 0 Å². The lowest BCUT2D eigenvalue weighted by molar-refractivity contribution is -0.385. The number of ether oxygens (including phenoxy) is 2. The molecule has 0 aliphatic rings. The molecule has 0 aliphatic carbocycles. The zero-order chi connectivity index (χ0) is 27.1. The maximum atomic E-state index is 13.1. The second kappa shape index (κ2) is 11.6. The Morgan fingerprint density at radius 3 is 1.13 bits per heavy atom. The van der Waals surface area contributed by atoms with Gasteiger partial charge in [0.05, 0.1) is 21.0 Å². The molecule has 0 aliphatic heterocycles. The molecule has 0 aromatic heterocycles. The van der Waals surface area contributed by atoms with E-state index in [1.807, 2.05) is 0 Å². The van der Waals surface area contributed by atoms with Crippen molar-refractivity contribution in [3.63, 3.8) is 0 Å². The summed E-state index contributed by atoms with van der Waals surface area (Å²) in [5, 5.41) is 21.9. The third-order valence-electron chi connectivity index (χ3n) is 5.63. The third-order valence-corrected chi connectivity index (χ3v) is 5.63. The highest BCUT2D eigenvalue weighted by Crippen LogP contribution is 2.37. The van der Waals surface area contributed by atoms with Gasteiger partial charge in [-0.05, 0) is 35.4 Å². The minimum absolute atomic E-state index is 0.0741. The van der Waals surface area contributed by atoms with E-state index in [-0.39, 0.29) is 22.5 Å². The highest BCUT2D eigenvalue weighted by molar-refractivity contribution is 5.91. The number of nitrogens with zero attached hydrogens (tertiary/aromatic N) is 2. The summed E-state index contributed by atoms with van der Waals surface area (Å²) in [6.07, 6.45) is -2.19. The van der Waals surface area contributed by atoms with Crippen LogP contribution in [-0.4, -0.2) is 21.8 Å². The summed E-state index contributed by atoms with van der Waals surface area (Å²) >= 11 is 0. The lowest BCUT2D eigenvalue weighted by atomic mass is 9.97. The Bertz CT molecular complexity index is 1330. The minimum atomic E-state index is -1.09. The van der Waals surface area contributed by atoms with Crippen molar-refractivity contribution in [3.05, 3.63) is 152 Å². The van der Waals surface area contributed by atoms with Crippen LogP contribution in [0.1, 0.15) is 44.1 Å². The number of benzene rings is 4. The average molecular weight is 512 g/mol. The van der Waals surface area contributed by atoms with Gasteiger partial charge in [0.25, 0.3) is 11.4 Å². The quantitative estimate of drug-likeness (QED) is 0.151. The molecule has 0 radical (unpaired) electrons. The van der Waals surface area contributed by atoms with Gasteiger partial charge in [0, 0.05) is 24.3 Å². The van der Waals surface area contributed by atoms with E-state index < -0.39 is 34.0 Å². The molecule has 0 amide bonds. The Labute approximate surface area is 216 Å². The van der Waals surface area contributed by atoms with Gasteiger partial charge in [0.1, 0.15) is 0 Å². The minimum Gasteiger partial charge on any atom is -0.450 e. The van der Waals surface area contributed by atoms with Crippen LogP contribution in [-0.2, 0) is 9.47 Å². The van der Waals surface area contributed by atoms with Crippen LogP contribution in [0.5, 0.6) is 0 Å². The largest absolute Gasteiger partial charge is 0.450 e. The molecule has 2 unspecified atom stereocenters. The van der Waals surface area contributed by atoms with Crippen LogP contribution in [0, 0.1) is 20.2 Å². The van der Waals surface area contributed by atoms with E-state index in [1.54, 1.807) is 60.7 Å². The van der Waals surface area contributed by atoms with Crippen LogP contribution in [0.25, 0.3) is 0 Å². The van der Waals surface area contributed by atoms with Crippen LogP contribution in [0.2, 0.25) is 0 Å². The molecule has 0 bridgehead atoms. The maximum Gasteiger partial charge on any atom is 0.338 e. The fourth-order valence-electron chi connectivity index (χ4n) is 3.70. The van der Waals surface area contributed by atoms with Crippen LogP contribution in [0.4, 0.5) is 11.4 Å². The first-order valence-corrected chi connectivity index (χ1v) is 11.3. The molecule has 4 aromatic rings. The topological polar surface area (TPSA) is 139 Å². The number of nitro benzene ring substituents is 2. The SMILES string of the molecule is O=C(OC(c1ccccc1)C(OC(=O)c1ccc([N+](=O)[O-])cc1)c1ccccc1)c1ccc([N+](=O)[O-])cc1. The normalized spacial score (nSPS) is 12.1. The summed E-state index contributed by atoms with van der Waals surface area (Å²) in [5.74, 6) is -1.55. The van der Waals surface area contributed by atoms with Crippen molar-refractivity contribution in [2.75, 3.05) is 0 Å². The summed E-state index contributed by atoms with van der Waals surface area (Å²) in [7, 11) is 0. The number of nitro groups is 2.